The van der Waals surface area contributed by atoms with E-state index in [1.807, 2.05) is 60.8 Å². The Morgan fingerprint density at radius 1 is 0.840 bits per heavy atom. The molecule has 0 bridgehead atoms. The van der Waals surface area contributed by atoms with E-state index >= 15 is 0 Å². The van der Waals surface area contributed by atoms with Gasteiger partial charge >= 0.3 is 6.09 Å². The Balaban J connectivity index is 3.15. The second-order valence-electron chi connectivity index (χ2n) is 15.5. The molecule has 0 aliphatic carbocycles. The molecule has 1 aromatic heterocycles. The minimum absolute atomic E-state index is 0.0376. The topological polar surface area (TPSA) is 188 Å². The molecule has 14 heteroatoms. The maximum Gasteiger partial charge on any atom is 0.407 e. The molecule has 6 N–H and O–H groups in total. The summed E-state index contributed by atoms with van der Waals surface area (Å²) in [4.78, 5) is 70.2. The molecule has 1 rings (SSSR count). The molecule has 0 saturated heterocycles. The number of alkyl carbamates (subject to hydrolysis) is 1. The fourth-order valence-corrected chi connectivity index (χ4v) is 6.02. The first kappa shape index (κ1) is 44.8. The van der Waals surface area contributed by atoms with Crippen LogP contribution in [0.1, 0.15) is 106 Å². The number of amides is 5. The fraction of sp³-hybridized carbons (Fsp3) is 0.778. The van der Waals surface area contributed by atoms with Gasteiger partial charge in [-0.2, -0.15) is 0 Å². The van der Waals surface area contributed by atoms with E-state index in [0.717, 1.165) is 10.7 Å². The van der Waals surface area contributed by atoms with Gasteiger partial charge in [0.05, 0.1) is 23.7 Å². The Labute approximate surface area is 303 Å². The van der Waals surface area contributed by atoms with Crippen LogP contribution in [-0.2, 0) is 30.3 Å². The Morgan fingerprint density at radius 3 is 1.98 bits per heavy atom. The zero-order valence-corrected chi connectivity index (χ0v) is 33.1. The number of aryl methyl sites for hydroxylation is 1. The highest BCUT2D eigenvalue weighted by Gasteiger charge is 2.33. The third kappa shape index (κ3) is 17.1. The minimum Gasteiger partial charge on any atom is -0.444 e. The largest absolute Gasteiger partial charge is 0.444 e. The molecular weight excluding hydrogens is 660 g/mol. The zero-order valence-electron chi connectivity index (χ0n) is 32.3. The number of hydrogen-bond acceptors (Lipinski definition) is 9. The maximum absolute atomic E-state index is 13.8. The lowest BCUT2D eigenvalue weighted by molar-refractivity contribution is -0.133. The van der Waals surface area contributed by atoms with Gasteiger partial charge in [0.1, 0.15) is 17.7 Å². The molecule has 6 atom stereocenters. The fourth-order valence-electron chi connectivity index (χ4n) is 5.11. The van der Waals surface area contributed by atoms with Crippen molar-refractivity contribution in [3.05, 3.63) is 16.1 Å². The summed E-state index contributed by atoms with van der Waals surface area (Å²) in [6.07, 6.45) is -0.661. The molecule has 0 spiro atoms. The number of rotatable bonds is 20. The van der Waals surface area contributed by atoms with E-state index in [-0.39, 0.29) is 42.5 Å². The zero-order chi connectivity index (χ0) is 38.3. The van der Waals surface area contributed by atoms with E-state index in [4.69, 9.17) is 4.74 Å². The van der Waals surface area contributed by atoms with Gasteiger partial charge in [0.15, 0.2) is 0 Å². The summed E-state index contributed by atoms with van der Waals surface area (Å²) >= 11 is 1.45. The van der Waals surface area contributed by atoms with E-state index in [1.54, 1.807) is 27.7 Å². The number of nitrogens with one attached hydrogen (secondary N) is 5. The van der Waals surface area contributed by atoms with Crippen molar-refractivity contribution in [1.82, 2.24) is 31.6 Å². The summed E-state index contributed by atoms with van der Waals surface area (Å²) in [6, 6.07) is -2.68. The smallest absolute Gasteiger partial charge is 0.407 e. The number of aliphatic hydroxyl groups is 1. The van der Waals surface area contributed by atoms with Crippen molar-refractivity contribution in [2.75, 3.05) is 13.1 Å². The number of nitrogens with zero attached hydrogens (tertiary/aromatic N) is 1. The molecule has 5 amide bonds. The predicted molar refractivity (Wildman–Crippen MR) is 196 cm³/mol. The number of hydrogen-bond donors (Lipinski definition) is 6. The molecule has 0 saturated carbocycles. The number of ether oxygens (including phenoxy) is 1. The molecule has 286 valence electrons. The van der Waals surface area contributed by atoms with Gasteiger partial charge in [-0.25, -0.2) is 9.78 Å². The van der Waals surface area contributed by atoms with Crippen molar-refractivity contribution in [3.8, 4) is 0 Å². The van der Waals surface area contributed by atoms with Crippen molar-refractivity contribution in [2.24, 2.45) is 29.6 Å². The third-order valence-corrected chi connectivity index (χ3v) is 8.90. The normalized spacial score (nSPS) is 15.4. The van der Waals surface area contributed by atoms with Gasteiger partial charge in [0.25, 0.3) is 0 Å². The summed E-state index contributed by atoms with van der Waals surface area (Å²) in [7, 11) is 0. The molecule has 6 unspecified atom stereocenters. The van der Waals surface area contributed by atoms with E-state index in [9.17, 15) is 29.1 Å². The maximum atomic E-state index is 13.8. The summed E-state index contributed by atoms with van der Waals surface area (Å²) < 4.78 is 5.33. The van der Waals surface area contributed by atoms with Crippen LogP contribution in [0.2, 0.25) is 0 Å². The minimum atomic E-state index is -1.18. The molecule has 0 fully saturated rings. The number of aliphatic hydroxyl groups excluding tert-OH is 1. The highest BCUT2D eigenvalue weighted by atomic mass is 32.1. The SMILES string of the molecule is CCC(CC(O)C(CC(C)C)NC(=O)C(CNC(=O)OC(C)(C)C)NC(=O)C(C)Cc1nc(C)cs1)C(=O)NC(C(=O)NCC(C)C)C(C)C. The Hall–Kier alpha value is -3.26. The summed E-state index contributed by atoms with van der Waals surface area (Å²) in [5, 5.41) is 28.1. The lowest BCUT2D eigenvalue weighted by Crippen LogP contribution is -2.57. The first-order chi connectivity index (χ1) is 23.1. The van der Waals surface area contributed by atoms with E-state index < -0.39 is 59.6 Å². The number of carbonyl (C=O) groups is 5. The summed E-state index contributed by atoms with van der Waals surface area (Å²) in [5.74, 6) is -2.59. The highest BCUT2D eigenvalue weighted by molar-refractivity contribution is 7.09. The molecule has 1 aromatic rings. The van der Waals surface area contributed by atoms with E-state index in [0.29, 0.717) is 25.8 Å². The van der Waals surface area contributed by atoms with Crippen LogP contribution in [0.4, 0.5) is 4.79 Å². The van der Waals surface area contributed by atoms with Gasteiger partial charge in [-0.15, -0.1) is 11.3 Å². The number of aromatic nitrogens is 1. The van der Waals surface area contributed by atoms with Crippen LogP contribution in [0, 0.1) is 36.5 Å². The van der Waals surface area contributed by atoms with Crippen LogP contribution < -0.4 is 26.6 Å². The first-order valence-corrected chi connectivity index (χ1v) is 18.8. The van der Waals surface area contributed by atoms with Gasteiger partial charge in [-0.3, -0.25) is 19.2 Å². The number of thiazole rings is 1. The lowest BCUT2D eigenvalue weighted by atomic mass is 9.89. The van der Waals surface area contributed by atoms with Gasteiger partial charge in [-0.05, 0) is 64.7 Å². The molecule has 13 nitrogen and oxygen atoms in total. The van der Waals surface area contributed by atoms with Crippen molar-refractivity contribution < 1.29 is 33.8 Å². The average Bonchev–Trinajstić information content (AvgIpc) is 3.41. The Morgan fingerprint density at radius 2 is 1.48 bits per heavy atom. The van der Waals surface area contributed by atoms with Crippen LogP contribution in [0.15, 0.2) is 5.38 Å². The van der Waals surface area contributed by atoms with Gasteiger partial charge in [0, 0.05) is 35.9 Å². The van der Waals surface area contributed by atoms with Crippen molar-refractivity contribution in [2.45, 2.75) is 139 Å². The van der Waals surface area contributed by atoms with Gasteiger partial charge in [-0.1, -0.05) is 55.4 Å². The molecular formula is C36H64N6O7S. The predicted octanol–water partition coefficient (Wildman–Crippen LogP) is 3.86. The van der Waals surface area contributed by atoms with Crippen molar-refractivity contribution in [1.29, 1.82) is 0 Å². The Kier molecular flexibility index (Phi) is 19.0. The average molecular weight is 725 g/mol. The lowest BCUT2D eigenvalue weighted by Gasteiger charge is -2.31. The molecule has 0 aromatic carbocycles. The third-order valence-electron chi connectivity index (χ3n) is 7.92. The van der Waals surface area contributed by atoms with E-state index in [2.05, 4.69) is 31.6 Å². The van der Waals surface area contributed by atoms with Crippen LogP contribution in [0.25, 0.3) is 0 Å². The Bertz CT molecular complexity index is 1250. The standard InChI is InChI=1S/C36H64N6O7S/c1-13-25(32(45)42-30(22(6)7)34(47)37-17-21(4)5)16-28(43)26(14-20(2)3)40-33(46)27(18-38-35(48)49-36(10,11)12)41-31(44)23(8)15-29-39-24(9)19-50-29/h19-23,25-28,30,43H,13-18H2,1-12H3,(H,37,47)(H,38,48)(H,40,46)(H,41,44)(H,42,45). The summed E-state index contributed by atoms with van der Waals surface area (Å²) in [6.45, 7) is 22.4. The van der Waals surface area contributed by atoms with Crippen LogP contribution >= 0.6 is 11.3 Å². The van der Waals surface area contributed by atoms with Crippen LogP contribution in [0.5, 0.6) is 0 Å². The monoisotopic (exact) mass is 724 g/mol. The quantitative estimate of drug-likeness (QED) is 0.117. The second kappa shape index (κ2) is 21.2. The second-order valence-corrected chi connectivity index (χ2v) is 16.4. The van der Waals surface area contributed by atoms with Gasteiger partial charge < -0.3 is 36.4 Å². The van der Waals surface area contributed by atoms with Crippen molar-refractivity contribution >= 4 is 41.1 Å². The van der Waals surface area contributed by atoms with Crippen molar-refractivity contribution in [3.63, 3.8) is 0 Å². The highest BCUT2D eigenvalue weighted by Crippen LogP contribution is 2.20. The number of carbonyl (C=O) groups excluding carboxylic acids is 5. The molecule has 0 radical (unpaired) electrons. The summed E-state index contributed by atoms with van der Waals surface area (Å²) in [5.41, 5.74) is 0.0911. The van der Waals surface area contributed by atoms with Gasteiger partial charge in [0.2, 0.25) is 23.6 Å². The molecule has 0 aliphatic heterocycles. The molecule has 1 heterocycles. The first-order valence-electron chi connectivity index (χ1n) is 17.9. The van der Waals surface area contributed by atoms with E-state index in [1.165, 1.54) is 11.3 Å². The van der Waals surface area contributed by atoms with Crippen LogP contribution in [-0.4, -0.2) is 82.7 Å². The van der Waals surface area contributed by atoms with Crippen LogP contribution in [0.3, 0.4) is 0 Å². The molecule has 0 aliphatic rings. The molecule has 50 heavy (non-hydrogen) atoms.